The molecule has 2 aromatic heterocycles. The molecule has 2 N–H and O–H groups in total. The van der Waals surface area contributed by atoms with Gasteiger partial charge in [0, 0.05) is 94.1 Å². The number of anilines is 2. The molecule has 0 bridgehead atoms. The first kappa shape index (κ1) is 62.1. The van der Waals surface area contributed by atoms with E-state index in [-0.39, 0.29) is 66.3 Å². The molecule has 1 saturated carbocycles. The first-order valence-corrected chi connectivity index (χ1v) is 33.2. The highest BCUT2D eigenvalue weighted by Gasteiger charge is 2.46. The molecule has 5 aromatic rings. The second kappa shape index (κ2) is 26.1. The Kier molecular flexibility index (Phi) is 19.1. The number of aliphatic hydroxyl groups is 1. The highest BCUT2D eigenvalue weighted by molar-refractivity contribution is 6.90. The van der Waals surface area contributed by atoms with Crippen LogP contribution in [0.2, 0.25) is 21.6 Å². The van der Waals surface area contributed by atoms with Crippen LogP contribution in [0.5, 0.6) is 11.8 Å². The number of methoxy groups -OCH3 is 1. The van der Waals surface area contributed by atoms with Crippen molar-refractivity contribution in [1.82, 2.24) is 30.1 Å². The summed E-state index contributed by atoms with van der Waals surface area (Å²) in [7, 11) is -0.811. The highest BCUT2D eigenvalue weighted by Crippen LogP contribution is 2.48. The van der Waals surface area contributed by atoms with E-state index >= 15 is 8.78 Å². The second-order valence-corrected chi connectivity index (χ2v) is 31.7. The van der Waals surface area contributed by atoms with Gasteiger partial charge in [-0.05, 0) is 148 Å². The Morgan fingerprint density at radius 1 is 0.906 bits per heavy atom. The number of hydrogen-bond acceptors (Lipinski definition) is 13. The summed E-state index contributed by atoms with van der Waals surface area (Å²) in [5.74, 6) is 3.43. The van der Waals surface area contributed by atoms with E-state index in [4.69, 9.17) is 45.5 Å². The van der Waals surface area contributed by atoms with Gasteiger partial charge in [-0.1, -0.05) is 65.1 Å². The number of likely N-dealkylation sites (tertiary alicyclic amines) is 2. The number of pyridine rings is 1. The summed E-state index contributed by atoms with van der Waals surface area (Å²) in [6, 6.07) is 11.0. The lowest BCUT2D eigenvalue weighted by atomic mass is 9.93. The zero-order valence-electron chi connectivity index (χ0n) is 50.6. The quantitative estimate of drug-likeness (QED) is 0.0327. The van der Waals surface area contributed by atoms with Gasteiger partial charge in [0.15, 0.2) is 12.6 Å². The highest BCUT2D eigenvalue weighted by atomic mass is 35.5. The molecule has 16 nitrogen and oxygen atoms in total. The number of carbonyl (C=O) groups excluding carboxylic acids is 3. The third-order valence-electron chi connectivity index (χ3n) is 18.7. The lowest BCUT2D eigenvalue weighted by Crippen LogP contribution is -2.49. The molecule has 20 heteroatoms. The molecule has 0 radical (unpaired) electrons. The number of fused-ring (bicyclic) bond motifs is 2. The van der Waals surface area contributed by atoms with E-state index in [1.807, 2.05) is 9.80 Å². The molecule has 3 aromatic carbocycles. The van der Waals surface area contributed by atoms with Gasteiger partial charge >= 0.3 is 12.0 Å². The lowest BCUT2D eigenvalue weighted by molar-refractivity contribution is -0.120. The normalized spacial score (nSPS) is 20.0. The molecule has 5 aliphatic rings. The summed E-state index contributed by atoms with van der Waals surface area (Å²) in [4.78, 5) is 60.1. The molecule has 5 fully saturated rings. The van der Waals surface area contributed by atoms with Crippen LogP contribution in [-0.2, 0) is 14.3 Å². The van der Waals surface area contributed by atoms with E-state index in [0.717, 1.165) is 64.6 Å². The number of imide groups is 1. The molecular weight excluding hydrogens is 1120 g/mol. The van der Waals surface area contributed by atoms with Gasteiger partial charge in [0.05, 0.1) is 33.9 Å². The summed E-state index contributed by atoms with van der Waals surface area (Å²) < 4.78 is 58.5. The van der Waals surface area contributed by atoms with Crippen LogP contribution in [0, 0.1) is 40.3 Å². The minimum absolute atomic E-state index is 0.00730. The Bertz CT molecular complexity index is 3330. The fourth-order valence-corrected chi connectivity index (χ4v) is 19.2. The molecule has 85 heavy (non-hydrogen) atoms. The Labute approximate surface area is 504 Å². The van der Waals surface area contributed by atoms with Crippen LogP contribution in [0.1, 0.15) is 129 Å². The summed E-state index contributed by atoms with van der Waals surface area (Å²) in [6.07, 6.45) is 9.87. The van der Waals surface area contributed by atoms with Crippen molar-refractivity contribution in [2.45, 2.75) is 135 Å². The zero-order chi connectivity index (χ0) is 60.4. The number of hydrogen-bond donors (Lipinski definition) is 2. The third kappa shape index (κ3) is 13.7. The van der Waals surface area contributed by atoms with E-state index in [9.17, 15) is 19.5 Å². The van der Waals surface area contributed by atoms with Crippen LogP contribution in [0.4, 0.5) is 25.1 Å². The standard InChI is InChI=1S/C65H83ClF2N8O8Si/c1-41(2)85(42(3)4,43(5)6)31-20-49-53(67)13-11-46-32-48(84-40-81-8)34-50(56(46)49)58-57(68)59-51(35-69-58)60(75-24-9-21-64(7,80)37-75)72-62(71-59)83-39-65(22-23-65)38-73-25-14-44(15-26-73)19-30-82-36-45-16-27-74(28-17-45)61(78)47-10-12-52(66)54(33-47)76-29-18-55(77)70-63(76)79/h10-13,32-35,41-45,80H,9,14-19,21-30,36-40H2,1-8H3,(H,70,77,79)/t64-/m1/s1. The Balaban J connectivity index is 0.790. The summed E-state index contributed by atoms with van der Waals surface area (Å²) >= 11 is 6.44. The molecule has 6 heterocycles. The van der Waals surface area contributed by atoms with E-state index in [2.05, 4.69) is 63.2 Å². The summed E-state index contributed by atoms with van der Waals surface area (Å²) in [5.41, 5.74) is 4.82. The third-order valence-corrected chi connectivity index (χ3v) is 25.3. The van der Waals surface area contributed by atoms with Crippen LogP contribution in [0.15, 0.2) is 48.7 Å². The van der Waals surface area contributed by atoms with Crippen molar-refractivity contribution in [3.8, 4) is 34.5 Å². The van der Waals surface area contributed by atoms with Gasteiger partial charge in [-0.15, -0.1) is 5.54 Å². The number of aromatic nitrogens is 3. The maximum atomic E-state index is 17.9. The van der Waals surface area contributed by atoms with Crippen molar-refractivity contribution < 1.29 is 47.2 Å². The Hall–Kier alpha value is -6.01. The number of benzene rings is 3. The van der Waals surface area contributed by atoms with E-state index in [1.54, 1.807) is 49.5 Å². The predicted molar refractivity (Wildman–Crippen MR) is 330 cm³/mol. The van der Waals surface area contributed by atoms with Crippen molar-refractivity contribution in [2.24, 2.45) is 17.3 Å². The van der Waals surface area contributed by atoms with Crippen LogP contribution in [0.3, 0.4) is 0 Å². The van der Waals surface area contributed by atoms with Crippen molar-refractivity contribution in [3.63, 3.8) is 0 Å². The van der Waals surface area contributed by atoms with Crippen LogP contribution < -0.4 is 24.6 Å². The summed E-state index contributed by atoms with van der Waals surface area (Å²) in [5, 5.41) is 15.4. The molecule has 4 amide bonds. The van der Waals surface area contributed by atoms with Gasteiger partial charge < -0.3 is 38.8 Å². The van der Waals surface area contributed by atoms with Crippen molar-refractivity contribution in [3.05, 3.63) is 76.4 Å². The van der Waals surface area contributed by atoms with Crippen molar-refractivity contribution in [2.75, 3.05) is 95.9 Å². The van der Waals surface area contributed by atoms with E-state index in [0.29, 0.717) is 130 Å². The zero-order valence-corrected chi connectivity index (χ0v) is 52.4. The molecule has 1 aliphatic carbocycles. The fraction of sp³-hybridized carbons (Fsp3) is 0.569. The first-order valence-electron chi connectivity index (χ1n) is 30.6. The predicted octanol–water partition coefficient (Wildman–Crippen LogP) is 12.0. The molecule has 4 aliphatic heterocycles. The SMILES string of the molecule is COCOc1cc(-c2ncc3c(N4CCC[C@@](C)(O)C4)nc(OCC4(CN5CCC(CCOCC6CCN(C(=O)c7ccc(Cl)c(N8CCC(=O)NC8=O)c7)CC6)CC5)CC4)nc3c2F)c2c(C#C[Si](C(C)C)(C(C)C)C(C)C)c(F)ccc2c1. The molecule has 456 valence electrons. The topological polar surface area (TPSA) is 172 Å². The van der Waals surface area contributed by atoms with Gasteiger partial charge in [0.25, 0.3) is 5.91 Å². The number of rotatable bonds is 20. The number of halogens is 3. The number of amides is 4. The number of nitrogens with zero attached hydrogens (tertiary/aromatic N) is 7. The number of ether oxygens (including phenoxy) is 4. The van der Waals surface area contributed by atoms with Gasteiger partial charge in [-0.3, -0.25) is 24.8 Å². The number of carbonyl (C=O) groups is 3. The Morgan fingerprint density at radius 3 is 2.32 bits per heavy atom. The van der Waals surface area contributed by atoms with Crippen molar-refractivity contribution >= 4 is 70.7 Å². The lowest BCUT2D eigenvalue weighted by Gasteiger charge is -2.38. The minimum atomic E-state index is -2.33. The van der Waals surface area contributed by atoms with Crippen LogP contribution in [-0.4, -0.2) is 147 Å². The van der Waals surface area contributed by atoms with E-state index < -0.39 is 31.3 Å². The number of β-amino-alcohol motifs (C(OH)–C–C–N with tert-alkyl or cyclic N) is 1. The van der Waals surface area contributed by atoms with Crippen LogP contribution >= 0.6 is 11.6 Å². The average molecular weight is 1210 g/mol. The second-order valence-electron chi connectivity index (χ2n) is 25.8. The minimum Gasteiger partial charge on any atom is -0.468 e. The molecule has 1 atom stereocenters. The molecule has 10 rings (SSSR count). The first-order chi connectivity index (χ1) is 40.7. The van der Waals surface area contributed by atoms with Gasteiger partial charge in [-0.25, -0.2) is 13.6 Å². The Morgan fingerprint density at radius 2 is 1.64 bits per heavy atom. The number of piperidine rings is 3. The molecule has 0 unspecified atom stereocenters. The largest absolute Gasteiger partial charge is 0.468 e. The van der Waals surface area contributed by atoms with E-state index in [1.165, 1.54) is 18.1 Å². The smallest absolute Gasteiger partial charge is 0.328 e. The number of urea groups is 1. The molecule has 4 saturated heterocycles. The van der Waals surface area contributed by atoms with Crippen LogP contribution in [0.25, 0.3) is 32.9 Å². The maximum Gasteiger partial charge on any atom is 0.328 e. The maximum absolute atomic E-state index is 17.9. The molecular formula is C65H83ClF2N8O8Si. The summed E-state index contributed by atoms with van der Waals surface area (Å²) in [6.45, 7) is 21.9. The number of nitrogens with one attached hydrogen (secondary N) is 1. The molecule has 0 spiro atoms. The van der Waals surface area contributed by atoms with Crippen molar-refractivity contribution in [1.29, 1.82) is 0 Å². The van der Waals surface area contributed by atoms with Gasteiger partial charge in [-0.2, -0.15) is 9.97 Å². The monoisotopic (exact) mass is 1200 g/mol. The average Bonchev–Trinajstić information content (AvgIpc) is 3.39. The fourth-order valence-electron chi connectivity index (χ4n) is 13.7. The van der Waals surface area contributed by atoms with Gasteiger partial charge in [0.2, 0.25) is 5.91 Å². The van der Waals surface area contributed by atoms with Gasteiger partial charge in [0.1, 0.15) is 36.7 Å².